The molecule has 1 fully saturated rings. The molecule has 1 atom stereocenters. The van der Waals surface area contributed by atoms with Gasteiger partial charge in [-0.2, -0.15) is 0 Å². The number of unbranched alkanes of at least 4 members (excludes halogenated alkanes) is 1. The van der Waals surface area contributed by atoms with E-state index in [4.69, 9.17) is 14.7 Å². The first-order valence-corrected chi connectivity index (χ1v) is 15.0. The number of fused-ring (bicyclic) bond motifs is 1. The first-order chi connectivity index (χ1) is 20.6. The van der Waals surface area contributed by atoms with Crippen LogP contribution < -0.4 is 4.90 Å². The Hall–Kier alpha value is -4.33. The number of anilines is 1. The van der Waals surface area contributed by atoms with Crippen LogP contribution in [0.5, 0.6) is 0 Å². The molecule has 0 unspecified atom stereocenters. The van der Waals surface area contributed by atoms with Crippen LogP contribution in [0.25, 0.3) is 22.3 Å². The van der Waals surface area contributed by atoms with Crippen molar-refractivity contribution in [2.45, 2.75) is 65.0 Å². The van der Waals surface area contributed by atoms with Gasteiger partial charge in [0.25, 0.3) is 5.91 Å². The predicted octanol–water partition coefficient (Wildman–Crippen LogP) is 6.84. The monoisotopic (exact) mass is 582 g/mol. The number of ether oxygens (including phenoxy) is 1. The molecule has 8 heteroatoms. The van der Waals surface area contributed by atoms with Crippen molar-refractivity contribution in [1.29, 1.82) is 0 Å². The third-order valence-corrected chi connectivity index (χ3v) is 7.58. The van der Waals surface area contributed by atoms with Crippen molar-refractivity contribution in [2.75, 3.05) is 24.5 Å². The Morgan fingerprint density at radius 2 is 1.67 bits per heavy atom. The maximum Gasteiger partial charge on any atom is 0.306 e. The maximum absolute atomic E-state index is 13.7. The largest absolute Gasteiger partial charge is 0.460 e. The first-order valence-electron chi connectivity index (χ1n) is 15.0. The summed E-state index contributed by atoms with van der Waals surface area (Å²) in [6.07, 6.45) is 2.44. The zero-order chi connectivity index (χ0) is 30.6. The fraction of sp³-hybridized carbons (Fsp3) is 0.371. The van der Waals surface area contributed by atoms with Crippen molar-refractivity contribution in [3.8, 4) is 11.3 Å². The zero-order valence-electron chi connectivity index (χ0n) is 25.3. The van der Waals surface area contributed by atoms with Gasteiger partial charge in [0.2, 0.25) is 0 Å². The average Bonchev–Trinajstić information content (AvgIpc) is 2.98. The molecule has 1 aromatic heterocycles. The van der Waals surface area contributed by atoms with Crippen molar-refractivity contribution in [3.05, 3.63) is 89.9 Å². The predicted molar refractivity (Wildman–Crippen MR) is 167 cm³/mol. The zero-order valence-corrected chi connectivity index (χ0v) is 25.3. The maximum atomic E-state index is 13.7. The lowest BCUT2D eigenvalue weighted by Crippen LogP contribution is -2.54. The molecule has 224 valence electrons. The lowest BCUT2D eigenvalue weighted by molar-refractivity contribution is -0.154. The minimum absolute atomic E-state index is 0.0194. The number of hydrogen-bond acceptors (Lipinski definition) is 6. The molecular formula is C35H39FN4O3. The molecular weight excluding hydrogens is 543 g/mol. The Morgan fingerprint density at radius 1 is 0.930 bits per heavy atom. The molecule has 3 aromatic carbocycles. The number of aromatic nitrogens is 2. The second-order valence-electron chi connectivity index (χ2n) is 12.2. The normalized spacial score (nSPS) is 15.5. The van der Waals surface area contributed by atoms with Crippen LogP contribution in [-0.2, 0) is 16.0 Å². The van der Waals surface area contributed by atoms with Gasteiger partial charge in [-0.25, -0.2) is 14.4 Å². The number of esters is 1. The van der Waals surface area contributed by atoms with Crippen LogP contribution in [0, 0.1) is 5.82 Å². The Morgan fingerprint density at radius 3 is 2.37 bits per heavy atom. The molecule has 7 nitrogen and oxygen atoms in total. The molecule has 5 rings (SSSR count). The van der Waals surface area contributed by atoms with Crippen molar-refractivity contribution < 1.29 is 18.7 Å². The molecule has 1 amide bonds. The quantitative estimate of drug-likeness (QED) is 0.167. The van der Waals surface area contributed by atoms with Gasteiger partial charge in [0.15, 0.2) is 0 Å². The molecule has 2 heterocycles. The fourth-order valence-electron chi connectivity index (χ4n) is 5.49. The summed E-state index contributed by atoms with van der Waals surface area (Å²) in [5, 5.41) is 0. The molecule has 0 spiro atoms. The van der Waals surface area contributed by atoms with Gasteiger partial charge in [-0.3, -0.25) is 9.59 Å². The summed E-state index contributed by atoms with van der Waals surface area (Å²) in [7, 11) is 0. The van der Waals surface area contributed by atoms with Crippen LogP contribution in [0.3, 0.4) is 0 Å². The number of aryl methyl sites for hydroxylation is 1. The molecule has 1 aliphatic rings. The summed E-state index contributed by atoms with van der Waals surface area (Å²) < 4.78 is 18.8. The van der Waals surface area contributed by atoms with Crippen molar-refractivity contribution in [3.63, 3.8) is 0 Å². The lowest BCUT2D eigenvalue weighted by atomic mass is 10.0. The van der Waals surface area contributed by atoms with Crippen LogP contribution in [-0.4, -0.2) is 58.0 Å². The van der Waals surface area contributed by atoms with E-state index in [0.717, 1.165) is 34.6 Å². The number of piperazine rings is 1. The standard InChI is InChI=1S/C35H39FN4O3/c1-24-23-39(28-17-15-27(36)16-18-28)20-21-40(24)34(42)26-14-19-29-31(22-26)37-30(33(38-29)25-10-6-5-7-11-25)12-8-9-13-32(41)43-35(2,3)4/h5-7,10-11,14-19,22,24H,8-9,12-13,20-21,23H2,1-4H3/t24-/m1/s1. The molecule has 0 bridgehead atoms. The Balaban J connectivity index is 1.33. The summed E-state index contributed by atoms with van der Waals surface area (Å²) in [6, 6.07) is 22.0. The number of nitrogens with zero attached hydrogens (tertiary/aromatic N) is 4. The topological polar surface area (TPSA) is 75.6 Å². The van der Waals surface area contributed by atoms with Gasteiger partial charge in [-0.1, -0.05) is 30.3 Å². The van der Waals surface area contributed by atoms with E-state index >= 15 is 0 Å². The van der Waals surface area contributed by atoms with E-state index in [1.807, 2.05) is 81.1 Å². The summed E-state index contributed by atoms with van der Waals surface area (Å²) >= 11 is 0. The number of hydrogen-bond donors (Lipinski definition) is 0. The number of halogens is 1. The van der Waals surface area contributed by atoms with Gasteiger partial charge >= 0.3 is 5.97 Å². The second kappa shape index (κ2) is 12.9. The highest BCUT2D eigenvalue weighted by Crippen LogP contribution is 2.27. The van der Waals surface area contributed by atoms with Crippen molar-refractivity contribution in [1.82, 2.24) is 14.9 Å². The molecule has 0 saturated carbocycles. The summed E-state index contributed by atoms with van der Waals surface area (Å²) in [5.74, 6) is -0.498. The van der Waals surface area contributed by atoms with E-state index in [-0.39, 0.29) is 23.7 Å². The van der Waals surface area contributed by atoms with Gasteiger partial charge in [0.05, 0.1) is 22.4 Å². The number of carbonyl (C=O) groups excluding carboxylic acids is 2. The molecule has 43 heavy (non-hydrogen) atoms. The van der Waals surface area contributed by atoms with Crippen molar-refractivity contribution in [2.24, 2.45) is 0 Å². The number of rotatable bonds is 8. The molecule has 0 aliphatic carbocycles. The first kappa shape index (κ1) is 30.1. The summed E-state index contributed by atoms with van der Waals surface area (Å²) in [6.45, 7) is 9.55. The number of amides is 1. The minimum atomic E-state index is -0.496. The highest BCUT2D eigenvalue weighted by molar-refractivity contribution is 5.98. The third kappa shape index (κ3) is 7.55. The van der Waals surface area contributed by atoms with Gasteiger partial charge in [-0.15, -0.1) is 0 Å². The number of benzene rings is 3. The van der Waals surface area contributed by atoms with Crippen LogP contribution in [0.2, 0.25) is 0 Å². The summed E-state index contributed by atoms with van der Waals surface area (Å²) in [4.78, 5) is 39.9. The third-order valence-electron chi connectivity index (χ3n) is 7.58. The van der Waals surface area contributed by atoms with E-state index in [2.05, 4.69) is 4.90 Å². The van der Waals surface area contributed by atoms with Crippen LogP contribution in [0.15, 0.2) is 72.8 Å². The molecule has 0 radical (unpaired) electrons. The van der Waals surface area contributed by atoms with Gasteiger partial charge in [0, 0.05) is 48.9 Å². The summed E-state index contributed by atoms with van der Waals surface area (Å²) in [5.41, 5.74) is 5.06. The Kier molecular flexibility index (Phi) is 9.04. The van der Waals surface area contributed by atoms with Gasteiger partial charge in [-0.05, 0) is 89.4 Å². The SMILES string of the molecule is C[C@@H]1CN(c2ccc(F)cc2)CCN1C(=O)c1ccc2nc(-c3ccccc3)c(CCCCC(=O)OC(C)(C)C)nc2c1. The minimum Gasteiger partial charge on any atom is -0.460 e. The number of carbonyl (C=O) groups is 2. The molecule has 4 aromatic rings. The van der Waals surface area contributed by atoms with Crippen LogP contribution in [0.1, 0.15) is 63.0 Å². The smallest absolute Gasteiger partial charge is 0.306 e. The van der Waals surface area contributed by atoms with E-state index in [0.29, 0.717) is 50.0 Å². The van der Waals surface area contributed by atoms with E-state index in [9.17, 15) is 14.0 Å². The second-order valence-corrected chi connectivity index (χ2v) is 12.2. The highest BCUT2D eigenvalue weighted by Gasteiger charge is 2.28. The van der Waals surface area contributed by atoms with Crippen molar-refractivity contribution >= 4 is 28.6 Å². The van der Waals surface area contributed by atoms with Gasteiger partial charge < -0.3 is 14.5 Å². The Bertz CT molecular complexity index is 1590. The van der Waals surface area contributed by atoms with E-state index in [1.54, 1.807) is 12.1 Å². The molecule has 1 saturated heterocycles. The van der Waals surface area contributed by atoms with Crippen LogP contribution >= 0.6 is 0 Å². The molecule has 0 N–H and O–H groups in total. The average molecular weight is 583 g/mol. The van der Waals surface area contributed by atoms with E-state index in [1.165, 1.54) is 12.1 Å². The Labute approximate surface area is 252 Å². The molecule has 1 aliphatic heterocycles. The lowest BCUT2D eigenvalue weighted by Gasteiger charge is -2.41. The van der Waals surface area contributed by atoms with Gasteiger partial charge in [0.1, 0.15) is 11.4 Å². The van der Waals surface area contributed by atoms with Crippen LogP contribution in [0.4, 0.5) is 10.1 Å². The highest BCUT2D eigenvalue weighted by atomic mass is 19.1. The van der Waals surface area contributed by atoms with E-state index < -0.39 is 5.60 Å². The fourth-order valence-corrected chi connectivity index (χ4v) is 5.49.